The van der Waals surface area contributed by atoms with E-state index >= 15 is 0 Å². The van der Waals surface area contributed by atoms with Gasteiger partial charge >= 0.3 is 5.97 Å². The minimum Gasteiger partial charge on any atom is -0.493 e. The van der Waals surface area contributed by atoms with Gasteiger partial charge in [0.05, 0.1) is 12.2 Å². The Morgan fingerprint density at radius 2 is 2.50 bits per heavy atom. The van der Waals surface area contributed by atoms with Gasteiger partial charge in [-0.25, -0.2) is 4.79 Å². The molecule has 1 aliphatic heterocycles. The average Bonchev–Trinajstić information content (AvgIpc) is 2.70. The van der Waals surface area contributed by atoms with Crippen molar-refractivity contribution < 1.29 is 14.3 Å². The standard InChI is InChI=1S/C12H17IO3/c1-3-5-6-11-10(12(14)15-4-2)7-9(8-13)16-11/h3,9H,1,4-8H2,2H3. The number of carbonyl (C=O) groups excluding carboxylic acids is 1. The number of halogens is 1. The molecule has 0 saturated heterocycles. The van der Waals surface area contributed by atoms with Crippen molar-refractivity contribution in [2.24, 2.45) is 0 Å². The maximum atomic E-state index is 11.7. The Bertz CT molecular complexity index is 297. The third kappa shape index (κ3) is 3.50. The fourth-order valence-corrected chi connectivity index (χ4v) is 2.09. The molecule has 4 heteroatoms. The van der Waals surface area contributed by atoms with E-state index < -0.39 is 0 Å². The summed E-state index contributed by atoms with van der Waals surface area (Å²) in [6.07, 6.45) is 4.20. The molecule has 0 aromatic rings. The van der Waals surface area contributed by atoms with E-state index in [1.165, 1.54) is 0 Å². The van der Waals surface area contributed by atoms with Crippen LogP contribution in [0.25, 0.3) is 0 Å². The Labute approximate surface area is 110 Å². The van der Waals surface area contributed by atoms with E-state index in [2.05, 4.69) is 29.2 Å². The lowest BCUT2D eigenvalue weighted by Crippen LogP contribution is -2.10. The summed E-state index contributed by atoms with van der Waals surface area (Å²) in [6, 6.07) is 0. The van der Waals surface area contributed by atoms with Crippen molar-refractivity contribution in [2.75, 3.05) is 11.0 Å². The zero-order valence-electron chi connectivity index (χ0n) is 9.50. The van der Waals surface area contributed by atoms with E-state index in [4.69, 9.17) is 9.47 Å². The quantitative estimate of drug-likeness (QED) is 0.324. The fraction of sp³-hybridized carbons (Fsp3) is 0.583. The largest absolute Gasteiger partial charge is 0.493 e. The molecule has 0 aromatic heterocycles. The lowest BCUT2D eigenvalue weighted by molar-refractivity contribution is -0.138. The molecule has 0 aromatic carbocycles. The first-order valence-electron chi connectivity index (χ1n) is 5.45. The van der Waals surface area contributed by atoms with Gasteiger partial charge in [0, 0.05) is 17.3 Å². The minimum atomic E-state index is -0.228. The maximum Gasteiger partial charge on any atom is 0.337 e. The summed E-state index contributed by atoms with van der Waals surface area (Å²) >= 11 is 2.27. The number of rotatable bonds is 6. The highest BCUT2D eigenvalue weighted by Crippen LogP contribution is 2.30. The number of carbonyl (C=O) groups is 1. The summed E-state index contributed by atoms with van der Waals surface area (Å²) in [6.45, 7) is 5.89. The van der Waals surface area contributed by atoms with Crippen molar-refractivity contribution in [1.29, 1.82) is 0 Å². The summed E-state index contributed by atoms with van der Waals surface area (Å²) in [5, 5.41) is 0. The molecule has 0 bridgehead atoms. The van der Waals surface area contributed by atoms with Crippen molar-refractivity contribution in [3.05, 3.63) is 24.0 Å². The number of alkyl halides is 1. The smallest absolute Gasteiger partial charge is 0.337 e. The third-order valence-electron chi connectivity index (χ3n) is 2.35. The first kappa shape index (κ1) is 13.5. The second kappa shape index (κ2) is 6.93. The van der Waals surface area contributed by atoms with Gasteiger partial charge in [-0.15, -0.1) is 6.58 Å². The molecule has 1 rings (SSSR count). The second-order valence-electron chi connectivity index (χ2n) is 3.55. The topological polar surface area (TPSA) is 35.5 Å². The number of hydrogen-bond donors (Lipinski definition) is 0. The molecule has 0 aliphatic carbocycles. The number of esters is 1. The van der Waals surface area contributed by atoms with Gasteiger partial charge in [0.15, 0.2) is 0 Å². The minimum absolute atomic E-state index is 0.125. The van der Waals surface area contributed by atoms with Gasteiger partial charge in [-0.2, -0.15) is 0 Å². The van der Waals surface area contributed by atoms with Gasteiger partial charge in [-0.1, -0.05) is 28.7 Å². The number of allylic oxidation sites excluding steroid dienone is 2. The van der Waals surface area contributed by atoms with Crippen LogP contribution in [0.5, 0.6) is 0 Å². The Morgan fingerprint density at radius 3 is 3.06 bits per heavy atom. The van der Waals surface area contributed by atoms with Gasteiger partial charge in [-0.3, -0.25) is 0 Å². The SMILES string of the molecule is C=CCCC1=C(C(=O)OCC)CC(CI)O1. The van der Waals surface area contributed by atoms with Crippen LogP contribution in [0.2, 0.25) is 0 Å². The Hall–Kier alpha value is -0.520. The van der Waals surface area contributed by atoms with Crippen LogP contribution >= 0.6 is 22.6 Å². The van der Waals surface area contributed by atoms with Crippen LogP contribution in [0.15, 0.2) is 24.0 Å². The van der Waals surface area contributed by atoms with Crippen LogP contribution in [0.4, 0.5) is 0 Å². The van der Waals surface area contributed by atoms with Crippen LogP contribution in [-0.2, 0) is 14.3 Å². The van der Waals surface area contributed by atoms with Gasteiger partial charge in [-0.05, 0) is 13.3 Å². The highest BCUT2D eigenvalue weighted by Gasteiger charge is 2.29. The van der Waals surface area contributed by atoms with E-state index in [1.807, 2.05) is 13.0 Å². The van der Waals surface area contributed by atoms with Crippen molar-refractivity contribution in [2.45, 2.75) is 32.3 Å². The predicted octanol–water partition coefficient (Wildman–Crippen LogP) is 2.99. The maximum absolute atomic E-state index is 11.7. The second-order valence-corrected chi connectivity index (χ2v) is 4.43. The van der Waals surface area contributed by atoms with Crippen molar-refractivity contribution in [3.8, 4) is 0 Å². The van der Waals surface area contributed by atoms with E-state index in [0.717, 1.165) is 23.0 Å². The van der Waals surface area contributed by atoms with E-state index in [-0.39, 0.29) is 12.1 Å². The lowest BCUT2D eigenvalue weighted by Gasteiger charge is -2.08. The molecule has 16 heavy (non-hydrogen) atoms. The molecule has 90 valence electrons. The molecule has 1 aliphatic rings. The van der Waals surface area contributed by atoms with Crippen molar-refractivity contribution >= 4 is 28.6 Å². The first-order valence-corrected chi connectivity index (χ1v) is 6.98. The molecule has 0 radical (unpaired) electrons. The monoisotopic (exact) mass is 336 g/mol. The van der Waals surface area contributed by atoms with Crippen LogP contribution in [0.3, 0.4) is 0 Å². The zero-order chi connectivity index (χ0) is 12.0. The average molecular weight is 336 g/mol. The third-order valence-corrected chi connectivity index (χ3v) is 3.33. The molecule has 1 heterocycles. The van der Waals surface area contributed by atoms with E-state index in [9.17, 15) is 4.79 Å². The fourth-order valence-electron chi connectivity index (χ4n) is 1.60. The van der Waals surface area contributed by atoms with Crippen LogP contribution in [0, 0.1) is 0 Å². The number of ether oxygens (including phenoxy) is 2. The van der Waals surface area contributed by atoms with E-state index in [1.54, 1.807) is 0 Å². The van der Waals surface area contributed by atoms with Crippen molar-refractivity contribution in [3.63, 3.8) is 0 Å². The van der Waals surface area contributed by atoms with Crippen LogP contribution in [0.1, 0.15) is 26.2 Å². The summed E-state index contributed by atoms with van der Waals surface area (Å²) in [5.74, 6) is 0.564. The first-order chi connectivity index (χ1) is 7.72. The van der Waals surface area contributed by atoms with E-state index in [0.29, 0.717) is 18.6 Å². The molecule has 1 atom stereocenters. The highest BCUT2D eigenvalue weighted by atomic mass is 127. The van der Waals surface area contributed by atoms with Gasteiger partial charge < -0.3 is 9.47 Å². The molecule has 0 fully saturated rings. The molecule has 0 amide bonds. The summed E-state index contributed by atoms with van der Waals surface area (Å²) < 4.78 is 11.6. The van der Waals surface area contributed by atoms with Gasteiger partial charge in [0.2, 0.25) is 0 Å². The summed E-state index contributed by atoms with van der Waals surface area (Å²) in [4.78, 5) is 11.7. The summed E-state index contributed by atoms with van der Waals surface area (Å²) in [5.41, 5.74) is 0.713. The molecule has 3 nitrogen and oxygen atoms in total. The molecule has 0 saturated carbocycles. The number of hydrogen-bond acceptors (Lipinski definition) is 3. The van der Waals surface area contributed by atoms with Crippen LogP contribution < -0.4 is 0 Å². The molecular formula is C12H17IO3. The Balaban J connectivity index is 2.70. The van der Waals surface area contributed by atoms with Gasteiger partial charge in [0.1, 0.15) is 11.9 Å². The highest BCUT2D eigenvalue weighted by molar-refractivity contribution is 14.1. The van der Waals surface area contributed by atoms with Gasteiger partial charge in [0.25, 0.3) is 0 Å². The Kier molecular flexibility index (Phi) is 5.87. The summed E-state index contributed by atoms with van der Waals surface area (Å²) in [7, 11) is 0. The zero-order valence-corrected chi connectivity index (χ0v) is 11.7. The molecule has 0 N–H and O–H groups in total. The Morgan fingerprint density at radius 1 is 1.75 bits per heavy atom. The van der Waals surface area contributed by atoms with Crippen molar-refractivity contribution in [1.82, 2.24) is 0 Å². The van der Waals surface area contributed by atoms with Crippen LogP contribution in [-0.4, -0.2) is 23.1 Å². The molecule has 0 spiro atoms. The molecular weight excluding hydrogens is 319 g/mol. The normalized spacial score (nSPS) is 19.5. The molecule has 1 unspecified atom stereocenters. The lowest BCUT2D eigenvalue weighted by atomic mass is 10.1. The predicted molar refractivity (Wildman–Crippen MR) is 71.5 cm³/mol.